The minimum atomic E-state index is -0.211. The van der Waals surface area contributed by atoms with Crippen LogP contribution in [0.5, 0.6) is 0 Å². The Kier molecular flexibility index (Phi) is 7.15. The molecule has 0 saturated carbocycles. The maximum absolute atomic E-state index is 12.6. The molecule has 150 valence electrons. The molecule has 0 radical (unpaired) electrons. The summed E-state index contributed by atoms with van der Waals surface area (Å²) in [7, 11) is 4.05. The second-order valence-corrected chi connectivity index (χ2v) is 8.53. The van der Waals surface area contributed by atoms with Crippen molar-refractivity contribution in [2.24, 2.45) is 0 Å². The van der Waals surface area contributed by atoms with Crippen molar-refractivity contribution in [1.29, 1.82) is 0 Å². The SMILES string of the molecule is CN(C)CCCn1c2c(c(SCC(=O)Nc3cccc(Cl)c3)nc1=O)CCC2. The van der Waals surface area contributed by atoms with Crippen LogP contribution in [-0.2, 0) is 24.2 Å². The summed E-state index contributed by atoms with van der Waals surface area (Å²) < 4.78 is 1.82. The molecule has 1 aromatic heterocycles. The predicted molar refractivity (Wildman–Crippen MR) is 114 cm³/mol. The lowest BCUT2D eigenvalue weighted by molar-refractivity contribution is -0.113. The lowest BCUT2D eigenvalue weighted by atomic mass is 10.2. The van der Waals surface area contributed by atoms with Crippen LogP contribution >= 0.6 is 23.4 Å². The van der Waals surface area contributed by atoms with Gasteiger partial charge in [0.2, 0.25) is 5.91 Å². The predicted octanol–water partition coefficient (Wildman–Crippen LogP) is 3.07. The highest BCUT2D eigenvalue weighted by Gasteiger charge is 2.22. The van der Waals surface area contributed by atoms with Gasteiger partial charge in [-0.1, -0.05) is 29.4 Å². The number of fused-ring (bicyclic) bond motifs is 1. The van der Waals surface area contributed by atoms with Crippen molar-refractivity contribution in [2.45, 2.75) is 37.3 Å². The Balaban J connectivity index is 1.67. The molecule has 1 amide bonds. The third-order valence-corrected chi connectivity index (χ3v) is 5.89. The van der Waals surface area contributed by atoms with E-state index < -0.39 is 0 Å². The van der Waals surface area contributed by atoms with Gasteiger partial charge in [-0.05, 0) is 64.5 Å². The topological polar surface area (TPSA) is 67.2 Å². The zero-order chi connectivity index (χ0) is 20.1. The van der Waals surface area contributed by atoms with E-state index in [1.54, 1.807) is 24.3 Å². The zero-order valence-electron chi connectivity index (χ0n) is 16.2. The van der Waals surface area contributed by atoms with Gasteiger partial charge in [-0.2, -0.15) is 4.98 Å². The van der Waals surface area contributed by atoms with Gasteiger partial charge in [-0.15, -0.1) is 0 Å². The van der Waals surface area contributed by atoms with Crippen LogP contribution in [0.25, 0.3) is 0 Å². The summed E-state index contributed by atoms with van der Waals surface area (Å²) in [5, 5.41) is 4.09. The normalized spacial score (nSPS) is 13.0. The number of benzene rings is 1. The number of hydrogen-bond acceptors (Lipinski definition) is 5. The number of halogens is 1. The summed E-state index contributed by atoms with van der Waals surface area (Å²) in [5.41, 5.74) is 2.67. The fraction of sp³-hybridized carbons (Fsp3) is 0.450. The average Bonchev–Trinajstić information content (AvgIpc) is 3.11. The molecule has 1 aliphatic rings. The smallest absolute Gasteiger partial charge is 0.325 e. The van der Waals surface area contributed by atoms with Gasteiger partial charge < -0.3 is 10.2 Å². The first-order valence-corrected chi connectivity index (χ1v) is 10.8. The molecule has 0 spiro atoms. The molecule has 28 heavy (non-hydrogen) atoms. The van der Waals surface area contributed by atoms with Crippen LogP contribution in [0.15, 0.2) is 34.1 Å². The molecule has 0 aliphatic heterocycles. The zero-order valence-corrected chi connectivity index (χ0v) is 17.8. The molecule has 1 heterocycles. The number of nitrogens with zero attached hydrogens (tertiary/aromatic N) is 3. The van der Waals surface area contributed by atoms with E-state index in [-0.39, 0.29) is 17.3 Å². The van der Waals surface area contributed by atoms with Crippen LogP contribution in [0.2, 0.25) is 5.02 Å². The fourth-order valence-corrected chi connectivity index (χ4v) is 4.45. The molecular weight excluding hydrogens is 396 g/mol. The second kappa shape index (κ2) is 9.58. The van der Waals surface area contributed by atoms with E-state index in [9.17, 15) is 9.59 Å². The van der Waals surface area contributed by atoms with Gasteiger partial charge in [0.15, 0.2) is 0 Å². The summed E-state index contributed by atoms with van der Waals surface area (Å²) in [6.45, 7) is 1.62. The van der Waals surface area contributed by atoms with E-state index in [2.05, 4.69) is 15.2 Å². The molecular formula is C20H25ClN4O2S. The summed E-state index contributed by atoms with van der Waals surface area (Å²) in [5.74, 6) is 0.0618. The number of carbonyl (C=O) groups is 1. The average molecular weight is 421 g/mol. The van der Waals surface area contributed by atoms with Gasteiger partial charge in [0.25, 0.3) is 0 Å². The molecule has 3 rings (SSSR count). The van der Waals surface area contributed by atoms with Gasteiger partial charge in [0.1, 0.15) is 5.03 Å². The van der Waals surface area contributed by atoms with E-state index in [4.69, 9.17) is 11.6 Å². The summed E-state index contributed by atoms with van der Waals surface area (Å²) >= 11 is 7.28. The summed E-state index contributed by atoms with van der Waals surface area (Å²) in [4.78, 5) is 31.2. The maximum Gasteiger partial charge on any atom is 0.348 e. The number of thioether (sulfide) groups is 1. The molecule has 0 atom stereocenters. The number of hydrogen-bond donors (Lipinski definition) is 1. The van der Waals surface area contributed by atoms with Crippen molar-refractivity contribution >= 4 is 35.0 Å². The quantitative estimate of drug-likeness (QED) is 0.525. The molecule has 2 aromatic rings. The number of amides is 1. The lowest BCUT2D eigenvalue weighted by Gasteiger charge is -2.15. The maximum atomic E-state index is 12.6. The Labute approximate surface area is 174 Å². The molecule has 1 aliphatic carbocycles. The Morgan fingerprint density at radius 3 is 2.93 bits per heavy atom. The Morgan fingerprint density at radius 1 is 1.36 bits per heavy atom. The van der Waals surface area contributed by atoms with Crippen LogP contribution in [0.4, 0.5) is 5.69 Å². The third kappa shape index (κ3) is 5.37. The van der Waals surface area contributed by atoms with Gasteiger partial charge in [-0.3, -0.25) is 9.36 Å². The highest BCUT2D eigenvalue weighted by Crippen LogP contribution is 2.29. The van der Waals surface area contributed by atoms with Crippen molar-refractivity contribution < 1.29 is 4.79 Å². The van der Waals surface area contributed by atoms with E-state index in [0.29, 0.717) is 22.3 Å². The second-order valence-electron chi connectivity index (χ2n) is 7.13. The number of carbonyl (C=O) groups excluding carboxylic acids is 1. The van der Waals surface area contributed by atoms with Crippen LogP contribution in [0.1, 0.15) is 24.1 Å². The monoisotopic (exact) mass is 420 g/mol. The lowest BCUT2D eigenvalue weighted by Crippen LogP contribution is -2.29. The molecule has 0 fully saturated rings. The first kappa shape index (κ1) is 20.9. The van der Waals surface area contributed by atoms with E-state index in [0.717, 1.165) is 43.5 Å². The van der Waals surface area contributed by atoms with Crippen LogP contribution in [0.3, 0.4) is 0 Å². The summed E-state index contributed by atoms with van der Waals surface area (Å²) in [6.07, 6.45) is 3.75. The first-order valence-electron chi connectivity index (χ1n) is 9.39. The molecule has 0 saturated heterocycles. The highest BCUT2D eigenvalue weighted by molar-refractivity contribution is 8.00. The van der Waals surface area contributed by atoms with Gasteiger partial charge in [0.05, 0.1) is 5.75 Å². The Hall–Kier alpha value is -1.83. The minimum absolute atomic E-state index is 0.143. The van der Waals surface area contributed by atoms with Crippen molar-refractivity contribution in [3.8, 4) is 0 Å². The standard InChI is InChI=1S/C20H25ClN4O2S/c1-24(2)10-5-11-25-17-9-4-8-16(17)19(23-20(25)27)28-13-18(26)22-15-7-3-6-14(21)12-15/h3,6-7,12H,4-5,8-11,13H2,1-2H3,(H,22,26). The fourth-order valence-electron chi connectivity index (χ4n) is 3.38. The summed E-state index contributed by atoms with van der Waals surface area (Å²) in [6, 6.07) is 7.04. The van der Waals surface area contributed by atoms with E-state index in [1.807, 2.05) is 18.7 Å². The molecule has 1 aromatic carbocycles. The van der Waals surface area contributed by atoms with Crippen LogP contribution in [-0.4, -0.2) is 46.8 Å². The van der Waals surface area contributed by atoms with Gasteiger partial charge in [-0.25, -0.2) is 4.79 Å². The Morgan fingerprint density at radius 2 is 2.18 bits per heavy atom. The first-order chi connectivity index (χ1) is 13.4. The molecule has 6 nitrogen and oxygen atoms in total. The molecule has 8 heteroatoms. The Bertz CT molecular complexity index is 914. The number of aromatic nitrogens is 2. The van der Waals surface area contributed by atoms with Crippen molar-refractivity contribution in [3.63, 3.8) is 0 Å². The third-order valence-electron chi connectivity index (χ3n) is 4.64. The van der Waals surface area contributed by atoms with Gasteiger partial charge >= 0.3 is 5.69 Å². The van der Waals surface area contributed by atoms with Crippen LogP contribution < -0.4 is 11.0 Å². The molecule has 0 bridgehead atoms. The minimum Gasteiger partial charge on any atom is -0.325 e. The number of anilines is 1. The largest absolute Gasteiger partial charge is 0.348 e. The van der Waals surface area contributed by atoms with Crippen LogP contribution in [0, 0.1) is 0 Å². The van der Waals surface area contributed by atoms with E-state index in [1.165, 1.54) is 11.8 Å². The van der Waals surface area contributed by atoms with Crippen molar-refractivity contribution in [2.75, 3.05) is 31.7 Å². The van der Waals surface area contributed by atoms with Crippen molar-refractivity contribution in [3.05, 3.63) is 51.0 Å². The highest BCUT2D eigenvalue weighted by atomic mass is 35.5. The molecule has 0 unspecified atom stereocenters. The number of nitrogens with one attached hydrogen (secondary N) is 1. The molecule has 1 N–H and O–H groups in total. The number of rotatable bonds is 8. The van der Waals surface area contributed by atoms with E-state index >= 15 is 0 Å². The van der Waals surface area contributed by atoms with Gasteiger partial charge in [0, 0.05) is 28.5 Å². The van der Waals surface area contributed by atoms with Crippen molar-refractivity contribution in [1.82, 2.24) is 14.5 Å².